The van der Waals surface area contributed by atoms with Crippen molar-refractivity contribution in [2.24, 2.45) is 0 Å². The molecule has 0 aliphatic carbocycles. The zero-order chi connectivity index (χ0) is 12.3. The Hall–Kier alpha value is -2.00. The first-order valence-electron chi connectivity index (χ1n) is 5.39. The molecule has 0 aromatic heterocycles. The van der Waals surface area contributed by atoms with Gasteiger partial charge in [-0.3, -0.25) is 0 Å². The Morgan fingerprint density at radius 2 is 1.06 bits per heavy atom. The highest BCUT2D eigenvalue weighted by Crippen LogP contribution is 2.26. The minimum atomic E-state index is -0.142. The molecule has 3 nitrogen and oxygen atoms in total. The fraction of sp³-hybridized carbons (Fsp3) is 0.143. The second kappa shape index (κ2) is 4.89. The lowest BCUT2D eigenvalue weighted by molar-refractivity contribution is 0.280. The lowest BCUT2D eigenvalue weighted by Gasteiger charge is -2.15. The summed E-state index contributed by atoms with van der Waals surface area (Å²) in [5.74, 6) is 0.267. The molecule has 0 amide bonds. The van der Waals surface area contributed by atoms with E-state index in [0.29, 0.717) is 0 Å². The van der Waals surface area contributed by atoms with Gasteiger partial charge < -0.3 is 15.3 Å². The molecule has 3 N–H and O–H groups in total. The summed E-state index contributed by atoms with van der Waals surface area (Å²) in [6.45, 7) is -0.0183. The summed E-state index contributed by atoms with van der Waals surface area (Å²) < 4.78 is 0. The van der Waals surface area contributed by atoms with Crippen LogP contribution in [0.5, 0.6) is 11.5 Å². The molecular formula is C14H14O3. The summed E-state index contributed by atoms with van der Waals surface area (Å²) >= 11 is 0. The third-order valence-corrected chi connectivity index (χ3v) is 2.77. The molecule has 0 bridgehead atoms. The Morgan fingerprint density at radius 1 is 0.706 bits per heavy atom. The standard InChI is InChI=1S/C14H14O3/c15-9-14(10-1-5-12(16)6-2-10)11-3-7-13(17)8-4-11/h1-8,14-17H,9H2. The number of hydrogen-bond acceptors (Lipinski definition) is 3. The predicted octanol–water partition coefficient (Wildman–Crippen LogP) is 2.22. The first-order chi connectivity index (χ1) is 8.20. The van der Waals surface area contributed by atoms with Crippen molar-refractivity contribution in [3.63, 3.8) is 0 Å². The molecule has 0 fully saturated rings. The van der Waals surface area contributed by atoms with E-state index in [-0.39, 0.29) is 24.0 Å². The van der Waals surface area contributed by atoms with Crippen LogP contribution in [0, 0.1) is 0 Å². The molecule has 2 rings (SSSR count). The van der Waals surface area contributed by atoms with Crippen LogP contribution in [0.3, 0.4) is 0 Å². The van der Waals surface area contributed by atoms with Gasteiger partial charge in [0.2, 0.25) is 0 Å². The van der Waals surface area contributed by atoms with Crippen molar-refractivity contribution in [2.45, 2.75) is 5.92 Å². The van der Waals surface area contributed by atoms with Gasteiger partial charge in [-0.25, -0.2) is 0 Å². The maximum atomic E-state index is 9.45. The molecule has 0 unspecified atom stereocenters. The van der Waals surface area contributed by atoms with Crippen molar-refractivity contribution in [1.29, 1.82) is 0 Å². The molecule has 88 valence electrons. The van der Waals surface area contributed by atoms with E-state index in [2.05, 4.69) is 0 Å². The van der Waals surface area contributed by atoms with Gasteiger partial charge in [-0.15, -0.1) is 0 Å². The fourth-order valence-corrected chi connectivity index (χ4v) is 1.82. The van der Waals surface area contributed by atoms with Crippen LogP contribution in [0.2, 0.25) is 0 Å². The van der Waals surface area contributed by atoms with Gasteiger partial charge in [-0.1, -0.05) is 24.3 Å². The summed E-state index contributed by atoms with van der Waals surface area (Å²) in [7, 11) is 0. The number of rotatable bonds is 3. The van der Waals surface area contributed by atoms with Crippen LogP contribution < -0.4 is 0 Å². The maximum absolute atomic E-state index is 9.45. The quantitative estimate of drug-likeness (QED) is 0.757. The first-order valence-corrected chi connectivity index (χ1v) is 5.39. The van der Waals surface area contributed by atoms with E-state index in [1.165, 1.54) is 0 Å². The number of aliphatic hydroxyl groups is 1. The number of phenolic OH excluding ortho intramolecular Hbond substituents is 2. The molecule has 3 heteroatoms. The Labute approximate surface area is 99.6 Å². The number of aliphatic hydroxyl groups excluding tert-OH is 1. The van der Waals surface area contributed by atoms with E-state index in [0.717, 1.165) is 11.1 Å². The summed E-state index contributed by atoms with van der Waals surface area (Å²) in [5, 5.41) is 27.9. The summed E-state index contributed by atoms with van der Waals surface area (Å²) in [4.78, 5) is 0. The van der Waals surface area contributed by atoms with Gasteiger partial charge >= 0.3 is 0 Å². The van der Waals surface area contributed by atoms with Crippen LogP contribution in [0.25, 0.3) is 0 Å². The molecule has 0 aliphatic rings. The van der Waals surface area contributed by atoms with E-state index in [1.807, 2.05) is 0 Å². The van der Waals surface area contributed by atoms with Gasteiger partial charge in [0.1, 0.15) is 11.5 Å². The van der Waals surface area contributed by atoms with Crippen molar-refractivity contribution in [3.8, 4) is 11.5 Å². The molecule has 0 heterocycles. The average molecular weight is 230 g/mol. The molecule has 0 spiro atoms. The molecule has 0 atom stereocenters. The molecular weight excluding hydrogens is 216 g/mol. The van der Waals surface area contributed by atoms with Crippen molar-refractivity contribution in [2.75, 3.05) is 6.61 Å². The number of phenols is 2. The van der Waals surface area contributed by atoms with E-state index in [9.17, 15) is 15.3 Å². The number of hydrogen-bond donors (Lipinski definition) is 3. The van der Waals surface area contributed by atoms with Crippen molar-refractivity contribution in [3.05, 3.63) is 59.7 Å². The minimum absolute atomic E-state index is 0.0183. The van der Waals surface area contributed by atoms with Gasteiger partial charge in [0.15, 0.2) is 0 Å². The second-order valence-corrected chi connectivity index (χ2v) is 3.92. The maximum Gasteiger partial charge on any atom is 0.115 e. The van der Waals surface area contributed by atoms with Crippen molar-refractivity contribution < 1.29 is 15.3 Å². The largest absolute Gasteiger partial charge is 0.508 e. The van der Waals surface area contributed by atoms with Crippen LogP contribution in [0.15, 0.2) is 48.5 Å². The first kappa shape index (κ1) is 11.5. The van der Waals surface area contributed by atoms with Gasteiger partial charge in [0, 0.05) is 5.92 Å². The molecule has 2 aromatic rings. The number of aromatic hydroxyl groups is 2. The Kier molecular flexibility index (Phi) is 3.30. The van der Waals surface area contributed by atoms with Gasteiger partial charge in [-0.05, 0) is 35.4 Å². The average Bonchev–Trinajstić information content (AvgIpc) is 2.35. The van der Waals surface area contributed by atoms with E-state index in [1.54, 1.807) is 48.5 Å². The molecule has 2 aromatic carbocycles. The van der Waals surface area contributed by atoms with E-state index < -0.39 is 0 Å². The summed E-state index contributed by atoms with van der Waals surface area (Å²) in [5.41, 5.74) is 1.85. The fourth-order valence-electron chi connectivity index (χ4n) is 1.82. The van der Waals surface area contributed by atoms with Crippen molar-refractivity contribution in [1.82, 2.24) is 0 Å². The Balaban J connectivity index is 2.33. The molecule has 0 saturated carbocycles. The third kappa shape index (κ3) is 2.57. The zero-order valence-corrected chi connectivity index (χ0v) is 9.24. The van der Waals surface area contributed by atoms with Crippen LogP contribution in [0.1, 0.15) is 17.0 Å². The van der Waals surface area contributed by atoms with Crippen LogP contribution in [-0.4, -0.2) is 21.9 Å². The smallest absolute Gasteiger partial charge is 0.115 e. The molecule has 0 aliphatic heterocycles. The van der Waals surface area contributed by atoms with E-state index in [4.69, 9.17) is 0 Å². The Bertz CT molecular complexity index is 428. The molecule has 0 saturated heterocycles. The Morgan fingerprint density at radius 3 is 1.35 bits per heavy atom. The molecule has 17 heavy (non-hydrogen) atoms. The van der Waals surface area contributed by atoms with Crippen LogP contribution >= 0.6 is 0 Å². The van der Waals surface area contributed by atoms with E-state index >= 15 is 0 Å². The lowest BCUT2D eigenvalue weighted by atomic mass is 9.92. The highest BCUT2D eigenvalue weighted by atomic mass is 16.3. The summed E-state index contributed by atoms with van der Waals surface area (Å²) in [6.07, 6.45) is 0. The number of benzene rings is 2. The second-order valence-electron chi connectivity index (χ2n) is 3.92. The topological polar surface area (TPSA) is 60.7 Å². The van der Waals surface area contributed by atoms with Gasteiger partial charge in [-0.2, -0.15) is 0 Å². The van der Waals surface area contributed by atoms with Gasteiger partial charge in [0.05, 0.1) is 6.61 Å². The van der Waals surface area contributed by atoms with Crippen LogP contribution in [-0.2, 0) is 0 Å². The zero-order valence-electron chi connectivity index (χ0n) is 9.24. The predicted molar refractivity (Wildman–Crippen MR) is 65.1 cm³/mol. The van der Waals surface area contributed by atoms with Crippen LogP contribution in [0.4, 0.5) is 0 Å². The third-order valence-electron chi connectivity index (χ3n) is 2.77. The highest BCUT2D eigenvalue weighted by Gasteiger charge is 2.12. The SMILES string of the molecule is OCC(c1ccc(O)cc1)c1ccc(O)cc1. The normalized spacial score (nSPS) is 10.7. The highest BCUT2D eigenvalue weighted by molar-refractivity contribution is 5.37. The van der Waals surface area contributed by atoms with Crippen molar-refractivity contribution >= 4 is 0 Å². The lowest BCUT2D eigenvalue weighted by Crippen LogP contribution is -2.05. The monoisotopic (exact) mass is 230 g/mol. The van der Waals surface area contributed by atoms with Gasteiger partial charge in [0.25, 0.3) is 0 Å². The minimum Gasteiger partial charge on any atom is -0.508 e. The summed E-state index contributed by atoms with van der Waals surface area (Å²) in [6, 6.07) is 13.5. The molecule has 0 radical (unpaired) electrons.